The van der Waals surface area contributed by atoms with Crippen LogP contribution in [0.25, 0.3) is 0 Å². The van der Waals surface area contributed by atoms with Gasteiger partial charge in [0.25, 0.3) is 0 Å². The summed E-state index contributed by atoms with van der Waals surface area (Å²) in [6.07, 6.45) is 2.38. The molecule has 2 atom stereocenters. The van der Waals surface area contributed by atoms with Gasteiger partial charge in [-0.15, -0.1) is 0 Å². The monoisotopic (exact) mass is 196 g/mol. The van der Waals surface area contributed by atoms with Gasteiger partial charge in [0, 0.05) is 6.61 Å². The Hall–Kier alpha value is -1.16. The van der Waals surface area contributed by atoms with Gasteiger partial charge in [-0.1, -0.05) is 0 Å². The van der Waals surface area contributed by atoms with Crippen molar-refractivity contribution in [1.29, 1.82) is 0 Å². The molecule has 1 fully saturated rings. The Bertz CT molecular complexity index is 301. The lowest BCUT2D eigenvalue weighted by Crippen LogP contribution is -2.27. The van der Waals surface area contributed by atoms with Crippen LogP contribution in [-0.2, 0) is 4.74 Å². The van der Waals surface area contributed by atoms with Crippen LogP contribution in [0.3, 0.4) is 0 Å². The Labute approximate surface area is 82.3 Å². The Morgan fingerprint density at radius 1 is 1.57 bits per heavy atom. The van der Waals surface area contributed by atoms with Crippen molar-refractivity contribution < 1.29 is 9.13 Å². The molecule has 76 valence electrons. The molecule has 3 nitrogen and oxygen atoms in total. The van der Waals surface area contributed by atoms with Crippen molar-refractivity contribution in [2.45, 2.75) is 25.5 Å². The van der Waals surface area contributed by atoms with Crippen molar-refractivity contribution in [2.75, 3.05) is 11.9 Å². The quantitative estimate of drug-likeness (QED) is 0.783. The molecule has 0 aromatic carbocycles. The van der Waals surface area contributed by atoms with E-state index in [2.05, 4.69) is 10.3 Å². The molecule has 0 amide bonds. The van der Waals surface area contributed by atoms with Crippen molar-refractivity contribution in [1.82, 2.24) is 4.98 Å². The molecule has 1 N–H and O–H groups in total. The SMILES string of the molecule is C[C@H]1OCC[C@H]1Nc1ccc(F)cn1. The van der Waals surface area contributed by atoms with E-state index >= 15 is 0 Å². The number of ether oxygens (including phenoxy) is 1. The molecule has 4 heteroatoms. The minimum atomic E-state index is -0.314. The van der Waals surface area contributed by atoms with Gasteiger partial charge < -0.3 is 10.1 Å². The summed E-state index contributed by atoms with van der Waals surface area (Å²) in [6.45, 7) is 2.80. The second-order valence-corrected chi connectivity index (χ2v) is 3.48. The fraction of sp³-hybridized carbons (Fsp3) is 0.500. The molecule has 0 bridgehead atoms. The number of halogens is 1. The summed E-state index contributed by atoms with van der Waals surface area (Å²) in [4.78, 5) is 3.93. The maximum absolute atomic E-state index is 12.6. The van der Waals surface area contributed by atoms with Crippen molar-refractivity contribution in [3.63, 3.8) is 0 Å². The van der Waals surface area contributed by atoms with E-state index in [9.17, 15) is 4.39 Å². The van der Waals surface area contributed by atoms with Gasteiger partial charge >= 0.3 is 0 Å². The molecule has 0 saturated carbocycles. The molecular formula is C10H13FN2O. The van der Waals surface area contributed by atoms with E-state index in [0.717, 1.165) is 13.0 Å². The Morgan fingerprint density at radius 2 is 2.43 bits per heavy atom. The van der Waals surface area contributed by atoms with E-state index in [4.69, 9.17) is 4.74 Å². The molecule has 1 aliphatic heterocycles. The van der Waals surface area contributed by atoms with Crippen LogP contribution in [0.2, 0.25) is 0 Å². The molecular weight excluding hydrogens is 183 g/mol. The lowest BCUT2D eigenvalue weighted by molar-refractivity contribution is 0.121. The minimum Gasteiger partial charge on any atom is -0.376 e. The van der Waals surface area contributed by atoms with Crippen molar-refractivity contribution >= 4 is 5.82 Å². The average Bonchev–Trinajstić information content (AvgIpc) is 2.56. The van der Waals surface area contributed by atoms with Crippen LogP contribution in [0.4, 0.5) is 10.2 Å². The zero-order valence-electron chi connectivity index (χ0n) is 8.03. The largest absolute Gasteiger partial charge is 0.376 e. The van der Waals surface area contributed by atoms with Crippen LogP contribution in [0, 0.1) is 5.82 Å². The van der Waals surface area contributed by atoms with Crippen LogP contribution in [-0.4, -0.2) is 23.7 Å². The number of pyridine rings is 1. The maximum Gasteiger partial charge on any atom is 0.141 e. The molecule has 1 aromatic heterocycles. The number of nitrogens with zero attached hydrogens (tertiary/aromatic N) is 1. The smallest absolute Gasteiger partial charge is 0.141 e. The molecule has 1 aliphatic rings. The third kappa shape index (κ3) is 2.01. The number of hydrogen-bond donors (Lipinski definition) is 1. The summed E-state index contributed by atoms with van der Waals surface area (Å²) in [7, 11) is 0. The second kappa shape index (κ2) is 3.92. The van der Waals surface area contributed by atoms with Gasteiger partial charge in [0.2, 0.25) is 0 Å². The van der Waals surface area contributed by atoms with Gasteiger partial charge in [-0.2, -0.15) is 0 Å². The van der Waals surface area contributed by atoms with Gasteiger partial charge in [-0.05, 0) is 25.5 Å². The third-order valence-electron chi connectivity index (χ3n) is 2.44. The van der Waals surface area contributed by atoms with E-state index in [-0.39, 0.29) is 18.0 Å². The number of anilines is 1. The molecule has 1 saturated heterocycles. The molecule has 0 spiro atoms. The first-order valence-electron chi connectivity index (χ1n) is 4.75. The Kier molecular flexibility index (Phi) is 2.63. The lowest BCUT2D eigenvalue weighted by atomic mass is 10.1. The van der Waals surface area contributed by atoms with Gasteiger partial charge in [0.15, 0.2) is 0 Å². The molecule has 0 unspecified atom stereocenters. The summed E-state index contributed by atoms with van der Waals surface area (Å²) in [6, 6.07) is 3.32. The van der Waals surface area contributed by atoms with Gasteiger partial charge in [-0.3, -0.25) is 0 Å². The highest BCUT2D eigenvalue weighted by Gasteiger charge is 2.23. The Morgan fingerprint density at radius 3 is 3.00 bits per heavy atom. The van der Waals surface area contributed by atoms with Gasteiger partial charge in [0.1, 0.15) is 11.6 Å². The molecule has 0 aliphatic carbocycles. The lowest BCUT2D eigenvalue weighted by Gasteiger charge is -2.16. The summed E-state index contributed by atoms with van der Waals surface area (Å²) >= 11 is 0. The van der Waals surface area contributed by atoms with Gasteiger partial charge in [0.05, 0.1) is 18.3 Å². The molecule has 1 aromatic rings. The van der Waals surface area contributed by atoms with E-state index in [1.807, 2.05) is 6.92 Å². The normalized spacial score (nSPS) is 26.4. The predicted octanol–water partition coefficient (Wildman–Crippen LogP) is 1.81. The highest BCUT2D eigenvalue weighted by molar-refractivity contribution is 5.35. The minimum absolute atomic E-state index is 0.196. The summed E-state index contributed by atoms with van der Waals surface area (Å²) in [5.41, 5.74) is 0. The van der Waals surface area contributed by atoms with Gasteiger partial charge in [-0.25, -0.2) is 9.37 Å². The molecule has 14 heavy (non-hydrogen) atoms. The van der Waals surface area contributed by atoms with Crippen LogP contribution >= 0.6 is 0 Å². The topological polar surface area (TPSA) is 34.1 Å². The summed E-state index contributed by atoms with van der Waals surface area (Å²) < 4.78 is 18.0. The standard InChI is InChI=1S/C10H13FN2O/c1-7-9(4-5-14-7)13-10-3-2-8(11)6-12-10/h2-3,6-7,9H,4-5H2,1H3,(H,12,13)/t7-,9-/m1/s1. The molecule has 0 radical (unpaired) electrons. The number of rotatable bonds is 2. The third-order valence-corrected chi connectivity index (χ3v) is 2.44. The van der Waals surface area contributed by atoms with Crippen LogP contribution in [0.1, 0.15) is 13.3 Å². The maximum atomic E-state index is 12.6. The summed E-state index contributed by atoms with van der Waals surface area (Å²) in [5, 5.41) is 3.22. The molecule has 2 heterocycles. The Balaban J connectivity index is 2.00. The van der Waals surface area contributed by atoms with Crippen LogP contribution < -0.4 is 5.32 Å². The van der Waals surface area contributed by atoms with Crippen LogP contribution in [0.15, 0.2) is 18.3 Å². The van der Waals surface area contributed by atoms with E-state index in [0.29, 0.717) is 5.82 Å². The molecule has 2 rings (SSSR count). The first-order valence-corrected chi connectivity index (χ1v) is 4.75. The first kappa shape index (κ1) is 9.40. The highest BCUT2D eigenvalue weighted by Crippen LogP contribution is 2.17. The number of hydrogen-bond acceptors (Lipinski definition) is 3. The highest BCUT2D eigenvalue weighted by atomic mass is 19.1. The van der Waals surface area contributed by atoms with E-state index in [1.54, 1.807) is 6.07 Å². The van der Waals surface area contributed by atoms with E-state index < -0.39 is 0 Å². The van der Waals surface area contributed by atoms with Crippen molar-refractivity contribution in [3.05, 3.63) is 24.1 Å². The number of aromatic nitrogens is 1. The first-order chi connectivity index (χ1) is 6.75. The summed E-state index contributed by atoms with van der Waals surface area (Å²) in [5.74, 6) is 0.389. The predicted molar refractivity (Wildman–Crippen MR) is 51.6 cm³/mol. The zero-order chi connectivity index (χ0) is 9.97. The fourth-order valence-corrected chi connectivity index (χ4v) is 1.57. The fourth-order valence-electron chi connectivity index (χ4n) is 1.57. The number of nitrogens with one attached hydrogen (secondary N) is 1. The second-order valence-electron chi connectivity index (χ2n) is 3.48. The van der Waals surface area contributed by atoms with E-state index in [1.165, 1.54) is 12.3 Å². The zero-order valence-corrected chi connectivity index (χ0v) is 8.03. The van der Waals surface area contributed by atoms with Crippen molar-refractivity contribution in [3.8, 4) is 0 Å². The average molecular weight is 196 g/mol. The van der Waals surface area contributed by atoms with Crippen molar-refractivity contribution in [2.24, 2.45) is 0 Å². The van der Waals surface area contributed by atoms with Crippen LogP contribution in [0.5, 0.6) is 0 Å².